The Morgan fingerprint density at radius 1 is 0.579 bits per heavy atom. The van der Waals surface area contributed by atoms with E-state index in [1.165, 1.54) is 5.56 Å². The summed E-state index contributed by atoms with van der Waals surface area (Å²) in [6.07, 6.45) is 0. The Bertz CT molecular complexity index is 670. The van der Waals surface area contributed by atoms with E-state index in [4.69, 9.17) is 4.42 Å². The lowest BCUT2D eigenvalue weighted by molar-refractivity contribution is 0.582. The Balaban J connectivity index is 2.03. The summed E-state index contributed by atoms with van der Waals surface area (Å²) in [4.78, 5) is 0. The van der Waals surface area contributed by atoms with Crippen LogP contribution in [0.3, 0.4) is 0 Å². The lowest BCUT2D eigenvalue weighted by atomic mass is 10.1. The van der Waals surface area contributed by atoms with Crippen molar-refractivity contribution in [2.75, 3.05) is 0 Å². The van der Waals surface area contributed by atoms with Crippen LogP contribution >= 0.6 is 0 Å². The first-order valence-corrected chi connectivity index (χ1v) is 6.38. The first kappa shape index (κ1) is 11.7. The van der Waals surface area contributed by atoms with Crippen molar-refractivity contribution in [1.29, 1.82) is 0 Å². The van der Waals surface area contributed by atoms with Crippen molar-refractivity contribution < 1.29 is 4.42 Å². The van der Waals surface area contributed by atoms with E-state index in [0.717, 1.165) is 22.6 Å². The van der Waals surface area contributed by atoms with E-state index < -0.39 is 0 Å². The minimum Gasteiger partial charge on any atom is -0.207 e. The summed E-state index contributed by atoms with van der Waals surface area (Å²) in [5, 5.41) is 0. The largest absolute Gasteiger partial charge is 0.360 e. The molecule has 0 unspecified atom stereocenters. The molecular weight excluding hydrogens is 232 g/mol. The highest BCUT2D eigenvalue weighted by atomic mass is 16.3. The van der Waals surface area contributed by atoms with E-state index in [0.29, 0.717) is 0 Å². The van der Waals surface area contributed by atoms with Crippen LogP contribution in [0.5, 0.6) is 0 Å². The fourth-order valence-corrected chi connectivity index (χ4v) is 2.04. The van der Waals surface area contributed by atoms with Gasteiger partial charge in [0.05, 0.1) is 11.1 Å². The minimum absolute atomic E-state index is 0.888. The molecule has 0 bridgehead atoms. The van der Waals surface area contributed by atoms with Crippen molar-refractivity contribution in [2.45, 2.75) is 6.92 Å². The van der Waals surface area contributed by atoms with Crippen LogP contribution in [-0.2, 0) is 0 Å². The average Bonchev–Trinajstić information content (AvgIpc) is 2.49. The Morgan fingerprint density at radius 2 is 1.16 bits per heavy atom. The van der Waals surface area contributed by atoms with Gasteiger partial charge in [-0.15, -0.1) is 0 Å². The third kappa shape index (κ3) is 2.55. The van der Waals surface area contributed by atoms with Crippen LogP contribution in [0.4, 0.5) is 0 Å². The van der Waals surface area contributed by atoms with Crippen LogP contribution in [0, 0.1) is 6.92 Å². The van der Waals surface area contributed by atoms with E-state index >= 15 is 0 Å². The fraction of sp³-hybridized carbons (Fsp3) is 0.0556. The minimum atomic E-state index is 0.888. The maximum atomic E-state index is 5.99. The smallest absolute Gasteiger partial charge is 0.207 e. The zero-order chi connectivity index (χ0) is 13.1. The molecule has 0 aliphatic carbocycles. The predicted octanol–water partition coefficient (Wildman–Crippen LogP) is 5.20. The molecule has 3 aromatic rings. The molecule has 19 heavy (non-hydrogen) atoms. The van der Waals surface area contributed by atoms with Gasteiger partial charge in [0.2, 0.25) is 0 Å². The fourth-order valence-electron chi connectivity index (χ4n) is 2.04. The summed E-state index contributed by atoms with van der Waals surface area (Å²) in [7, 11) is 0. The molecule has 0 saturated carbocycles. The van der Waals surface area contributed by atoms with Crippen molar-refractivity contribution >= 4 is 0 Å². The van der Waals surface area contributed by atoms with Gasteiger partial charge >= 0.3 is 11.5 Å². The van der Waals surface area contributed by atoms with Crippen molar-refractivity contribution in [3.63, 3.8) is 0 Å². The average molecular weight is 247 g/mol. The molecule has 0 radical (unpaired) electrons. The van der Waals surface area contributed by atoms with Gasteiger partial charge in [-0.25, -0.2) is 4.42 Å². The Morgan fingerprint density at radius 3 is 1.79 bits per heavy atom. The van der Waals surface area contributed by atoms with Crippen LogP contribution in [0.2, 0.25) is 0 Å². The summed E-state index contributed by atoms with van der Waals surface area (Å²) in [6.45, 7) is 2.08. The normalized spacial score (nSPS) is 10.4. The first-order valence-electron chi connectivity index (χ1n) is 6.38. The molecule has 2 aromatic carbocycles. The van der Waals surface area contributed by atoms with Crippen molar-refractivity contribution in [2.24, 2.45) is 0 Å². The Hall–Kier alpha value is -2.41. The topological polar surface area (TPSA) is 11.3 Å². The highest BCUT2D eigenvalue weighted by molar-refractivity contribution is 5.62. The van der Waals surface area contributed by atoms with Gasteiger partial charge in [-0.1, -0.05) is 35.9 Å². The molecule has 3 rings (SSSR count). The Kier molecular flexibility index (Phi) is 3.11. The number of aryl methyl sites for hydroxylation is 1. The summed E-state index contributed by atoms with van der Waals surface area (Å²) >= 11 is 0. The molecule has 1 heterocycles. The quantitative estimate of drug-likeness (QED) is 0.566. The summed E-state index contributed by atoms with van der Waals surface area (Å²) < 4.78 is 5.99. The molecule has 0 aliphatic heterocycles. The lowest BCUT2D eigenvalue weighted by Crippen LogP contribution is -1.81. The van der Waals surface area contributed by atoms with E-state index in [2.05, 4.69) is 43.3 Å². The van der Waals surface area contributed by atoms with Crippen molar-refractivity contribution in [3.8, 4) is 22.6 Å². The van der Waals surface area contributed by atoms with Gasteiger partial charge in [0.1, 0.15) is 0 Å². The van der Waals surface area contributed by atoms with Crippen molar-refractivity contribution in [3.05, 3.63) is 78.4 Å². The summed E-state index contributed by atoms with van der Waals surface area (Å²) in [5.74, 6) is 1.78. The lowest BCUT2D eigenvalue weighted by Gasteiger charge is -1.95. The zero-order valence-electron chi connectivity index (χ0n) is 10.8. The highest BCUT2D eigenvalue weighted by Gasteiger charge is 2.15. The maximum Gasteiger partial charge on any atom is 0.360 e. The molecule has 0 atom stereocenters. The third-order valence-electron chi connectivity index (χ3n) is 3.11. The monoisotopic (exact) mass is 247 g/mol. The van der Waals surface area contributed by atoms with E-state index in [1.807, 2.05) is 36.4 Å². The second-order valence-corrected chi connectivity index (χ2v) is 4.59. The van der Waals surface area contributed by atoms with E-state index in [9.17, 15) is 0 Å². The number of hydrogen-bond acceptors (Lipinski definition) is 0. The van der Waals surface area contributed by atoms with E-state index in [1.54, 1.807) is 0 Å². The summed E-state index contributed by atoms with van der Waals surface area (Å²) in [5.41, 5.74) is 3.45. The summed E-state index contributed by atoms with van der Waals surface area (Å²) in [6, 6.07) is 24.5. The molecule has 0 fully saturated rings. The van der Waals surface area contributed by atoms with Crippen LogP contribution in [-0.4, -0.2) is 0 Å². The van der Waals surface area contributed by atoms with Gasteiger partial charge in [0.25, 0.3) is 0 Å². The van der Waals surface area contributed by atoms with Gasteiger partial charge in [-0.3, -0.25) is 0 Å². The zero-order valence-corrected chi connectivity index (χ0v) is 10.8. The standard InChI is InChI=1S/C18H15O/c1-14-10-12-16(13-11-14)18-9-5-8-17(19-18)15-6-3-2-4-7-15/h2-13H,1H3/q+1. The van der Waals surface area contributed by atoms with Gasteiger partial charge in [-0.2, -0.15) is 0 Å². The van der Waals surface area contributed by atoms with Crippen LogP contribution in [0.1, 0.15) is 5.56 Å². The molecule has 1 nitrogen and oxygen atoms in total. The molecule has 0 amide bonds. The van der Waals surface area contributed by atoms with Gasteiger partial charge in [0.15, 0.2) is 0 Å². The maximum absolute atomic E-state index is 5.99. The molecular formula is C18H15O+. The second kappa shape index (κ2) is 5.07. The molecule has 0 aliphatic rings. The van der Waals surface area contributed by atoms with Crippen molar-refractivity contribution in [1.82, 2.24) is 0 Å². The SMILES string of the molecule is Cc1ccc(-c2cccc(-c3ccccc3)[o+]2)cc1. The van der Waals surface area contributed by atoms with Crippen LogP contribution in [0.15, 0.2) is 77.2 Å². The molecule has 92 valence electrons. The molecule has 0 N–H and O–H groups in total. The third-order valence-corrected chi connectivity index (χ3v) is 3.11. The highest BCUT2D eigenvalue weighted by Crippen LogP contribution is 2.26. The Labute approximate surface area is 113 Å². The van der Waals surface area contributed by atoms with Gasteiger partial charge in [-0.05, 0) is 37.3 Å². The van der Waals surface area contributed by atoms with Gasteiger partial charge in [0, 0.05) is 12.1 Å². The number of benzene rings is 2. The van der Waals surface area contributed by atoms with Crippen LogP contribution in [0.25, 0.3) is 22.6 Å². The molecule has 1 heteroatoms. The molecule has 0 saturated heterocycles. The first-order chi connectivity index (χ1) is 9.33. The van der Waals surface area contributed by atoms with Gasteiger partial charge < -0.3 is 0 Å². The predicted molar refractivity (Wildman–Crippen MR) is 78.7 cm³/mol. The number of hydrogen-bond donors (Lipinski definition) is 0. The van der Waals surface area contributed by atoms with Crippen LogP contribution < -0.4 is 0 Å². The van der Waals surface area contributed by atoms with E-state index in [-0.39, 0.29) is 0 Å². The molecule has 0 spiro atoms. The molecule has 1 aromatic heterocycles. The second-order valence-electron chi connectivity index (χ2n) is 4.59. The number of rotatable bonds is 2.